The van der Waals surface area contributed by atoms with Crippen molar-refractivity contribution in [3.05, 3.63) is 50.1 Å². The highest BCUT2D eigenvalue weighted by Crippen LogP contribution is 2.40. The van der Waals surface area contributed by atoms with E-state index in [0.29, 0.717) is 20.8 Å². The molecule has 0 amide bonds. The molecule has 1 aromatic heterocycles. The van der Waals surface area contributed by atoms with Crippen molar-refractivity contribution >= 4 is 34.5 Å². The normalized spacial score (nSPS) is 14.1. The lowest BCUT2D eigenvalue weighted by Crippen LogP contribution is -2.20. The first-order chi connectivity index (χ1) is 9.56. The SMILES string of the molecule is COc1ccc(C(CN)C(O)c2cc(Cl)sc2Cl)cc1. The molecule has 3 nitrogen and oxygen atoms in total. The maximum absolute atomic E-state index is 10.5. The van der Waals surface area contributed by atoms with Gasteiger partial charge in [0.2, 0.25) is 0 Å². The van der Waals surface area contributed by atoms with Crippen LogP contribution in [0, 0.1) is 0 Å². The molecular formula is C14H15Cl2NO2S. The first-order valence-corrected chi connectivity index (χ1v) is 7.61. The molecule has 0 saturated heterocycles. The standard InChI is InChI=1S/C14H15Cl2NO2S/c1-19-9-4-2-8(3-5-9)11(7-17)13(18)10-6-12(15)20-14(10)16/h2-6,11,13,18H,7,17H2,1H3. The number of hydrogen-bond donors (Lipinski definition) is 2. The van der Waals surface area contributed by atoms with E-state index in [9.17, 15) is 5.11 Å². The van der Waals surface area contributed by atoms with Crippen LogP contribution >= 0.6 is 34.5 Å². The molecule has 6 heteroatoms. The van der Waals surface area contributed by atoms with Gasteiger partial charge in [-0.3, -0.25) is 0 Å². The van der Waals surface area contributed by atoms with Crippen molar-refractivity contribution in [2.24, 2.45) is 5.73 Å². The van der Waals surface area contributed by atoms with Gasteiger partial charge >= 0.3 is 0 Å². The molecule has 2 unspecified atom stereocenters. The molecule has 1 heterocycles. The fourth-order valence-corrected chi connectivity index (χ4v) is 3.61. The molecule has 2 aromatic rings. The number of benzene rings is 1. The Hall–Kier alpha value is -0.780. The van der Waals surface area contributed by atoms with Gasteiger partial charge in [-0.15, -0.1) is 11.3 Å². The summed E-state index contributed by atoms with van der Waals surface area (Å²) in [6.07, 6.45) is -0.787. The molecule has 0 spiro atoms. The molecule has 108 valence electrons. The van der Waals surface area contributed by atoms with Gasteiger partial charge in [-0.1, -0.05) is 35.3 Å². The lowest BCUT2D eigenvalue weighted by Gasteiger charge is -2.22. The minimum absolute atomic E-state index is 0.246. The van der Waals surface area contributed by atoms with Crippen LogP contribution < -0.4 is 10.5 Å². The fraction of sp³-hybridized carbons (Fsp3) is 0.286. The quantitative estimate of drug-likeness (QED) is 0.875. The third-order valence-corrected chi connectivity index (χ3v) is 4.70. The summed E-state index contributed by atoms with van der Waals surface area (Å²) in [5.74, 6) is 0.514. The largest absolute Gasteiger partial charge is 0.497 e. The Kier molecular flexibility index (Phi) is 5.29. The summed E-state index contributed by atoms with van der Waals surface area (Å²) in [7, 11) is 1.61. The van der Waals surface area contributed by atoms with E-state index >= 15 is 0 Å². The predicted octanol–water partition coefficient (Wildman–Crippen LogP) is 3.84. The zero-order chi connectivity index (χ0) is 14.7. The molecule has 0 aliphatic carbocycles. The Morgan fingerprint density at radius 1 is 1.30 bits per heavy atom. The summed E-state index contributed by atoms with van der Waals surface area (Å²) in [5.41, 5.74) is 7.35. The van der Waals surface area contributed by atoms with Crippen molar-refractivity contribution < 1.29 is 9.84 Å². The second-order valence-corrected chi connectivity index (χ2v) is 6.63. The monoisotopic (exact) mass is 331 g/mol. The van der Waals surface area contributed by atoms with Crippen molar-refractivity contribution in [1.82, 2.24) is 0 Å². The Morgan fingerprint density at radius 2 is 1.95 bits per heavy atom. The van der Waals surface area contributed by atoms with Gasteiger partial charge in [0.05, 0.1) is 17.6 Å². The van der Waals surface area contributed by atoms with Gasteiger partial charge in [0, 0.05) is 18.0 Å². The van der Waals surface area contributed by atoms with Crippen LogP contribution in [0.1, 0.15) is 23.1 Å². The van der Waals surface area contributed by atoms with Gasteiger partial charge < -0.3 is 15.6 Å². The van der Waals surface area contributed by atoms with E-state index in [0.717, 1.165) is 11.3 Å². The maximum atomic E-state index is 10.5. The third kappa shape index (κ3) is 3.27. The lowest BCUT2D eigenvalue weighted by atomic mass is 9.90. The number of halogens is 2. The van der Waals surface area contributed by atoms with Gasteiger partial charge in [-0.2, -0.15) is 0 Å². The molecule has 0 saturated carbocycles. The smallest absolute Gasteiger partial charge is 0.118 e. The van der Waals surface area contributed by atoms with E-state index in [1.165, 1.54) is 11.3 Å². The Labute approximate surface area is 131 Å². The number of nitrogens with two attached hydrogens (primary N) is 1. The average molecular weight is 332 g/mol. The molecule has 2 rings (SSSR count). The summed E-state index contributed by atoms with van der Waals surface area (Å²) in [6.45, 7) is 0.303. The highest BCUT2D eigenvalue weighted by atomic mass is 35.5. The number of thiophene rings is 1. The Bertz CT molecular complexity index is 571. The van der Waals surface area contributed by atoms with E-state index in [1.54, 1.807) is 13.2 Å². The first-order valence-electron chi connectivity index (χ1n) is 6.03. The molecule has 0 radical (unpaired) electrons. The summed E-state index contributed by atoms with van der Waals surface area (Å²) in [6, 6.07) is 9.15. The fourth-order valence-electron chi connectivity index (χ4n) is 2.07. The molecule has 1 aromatic carbocycles. The first kappa shape index (κ1) is 15.6. The van der Waals surface area contributed by atoms with Crippen LogP contribution in [0.3, 0.4) is 0 Å². The average Bonchev–Trinajstić information content (AvgIpc) is 2.79. The van der Waals surface area contributed by atoms with Crippen LogP contribution in [0.15, 0.2) is 30.3 Å². The van der Waals surface area contributed by atoms with Crippen LogP contribution in [0.5, 0.6) is 5.75 Å². The number of methoxy groups -OCH3 is 1. The van der Waals surface area contributed by atoms with Crippen molar-refractivity contribution in [2.75, 3.05) is 13.7 Å². The Balaban J connectivity index is 2.28. The van der Waals surface area contributed by atoms with Gasteiger partial charge in [0.1, 0.15) is 10.1 Å². The molecule has 0 aliphatic rings. The van der Waals surface area contributed by atoms with Crippen molar-refractivity contribution in [1.29, 1.82) is 0 Å². The summed E-state index contributed by atoms with van der Waals surface area (Å²) < 4.78 is 6.16. The number of aliphatic hydroxyl groups is 1. The van der Waals surface area contributed by atoms with Crippen LogP contribution in [0.4, 0.5) is 0 Å². The molecule has 0 bridgehead atoms. The van der Waals surface area contributed by atoms with Crippen LogP contribution in [0.25, 0.3) is 0 Å². The number of hydrogen-bond acceptors (Lipinski definition) is 4. The second-order valence-electron chi connectivity index (χ2n) is 4.34. The Morgan fingerprint density at radius 3 is 2.40 bits per heavy atom. The van der Waals surface area contributed by atoms with Gasteiger partial charge in [0.25, 0.3) is 0 Å². The maximum Gasteiger partial charge on any atom is 0.118 e. The van der Waals surface area contributed by atoms with Gasteiger partial charge in [0.15, 0.2) is 0 Å². The van der Waals surface area contributed by atoms with E-state index in [4.69, 9.17) is 33.7 Å². The summed E-state index contributed by atoms with van der Waals surface area (Å²) in [4.78, 5) is 0. The number of ether oxygens (including phenoxy) is 1. The highest BCUT2D eigenvalue weighted by Gasteiger charge is 2.25. The molecule has 0 fully saturated rings. The predicted molar refractivity (Wildman–Crippen MR) is 84.1 cm³/mol. The third-order valence-electron chi connectivity index (χ3n) is 3.18. The molecule has 2 atom stereocenters. The zero-order valence-corrected chi connectivity index (χ0v) is 13.2. The van der Waals surface area contributed by atoms with E-state index in [-0.39, 0.29) is 5.92 Å². The van der Waals surface area contributed by atoms with Crippen molar-refractivity contribution in [2.45, 2.75) is 12.0 Å². The molecule has 20 heavy (non-hydrogen) atoms. The van der Waals surface area contributed by atoms with Gasteiger partial charge in [-0.05, 0) is 23.8 Å². The van der Waals surface area contributed by atoms with E-state index in [1.807, 2.05) is 24.3 Å². The van der Waals surface area contributed by atoms with Gasteiger partial charge in [-0.25, -0.2) is 0 Å². The van der Waals surface area contributed by atoms with Crippen molar-refractivity contribution in [3.8, 4) is 5.75 Å². The lowest BCUT2D eigenvalue weighted by molar-refractivity contribution is 0.148. The van der Waals surface area contributed by atoms with E-state index in [2.05, 4.69) is 0 Å². The molecule has 0 aliphatic heterocycles. The van der Waals surface area contributed by atoms with E-state index < -0.39 is 6.10 Å². The highest BCUT2D eigenvalue weighted by molar-refractivity contribution is 7.20. The van der Waals surface area contributed by atoms with Crippen LogP contribution in [-0.4, -0.2) is 18.8 Å². The molecule has 3 N–H and O–H groups in total. The summed E-state index contributed by atoms with van der Waals surface area (Å²) in [5, 5.41) is 10.5. The number of aliphatic hydroxyl groups excluding tert-OH is 1. The minimum Gasteiger partial charge on any atom is -0.497 e. The second kappa shape index (κ2) is 6.78. The summed E-state index contributed by atoms with van der Waals surface area (Å²) >= 11 is 13.2. The molecular weight excluding hydrogens is 317 g/mol. The van der Waals surface area contributed by atoms with Crippen LogP contribution in [-0.2, 0) is 0 Å². The topological polar surface area (TPSA) is 55.5 Å². The zero-order valence-electron chi connectivity index (χ0n) is 10.8. The minimum atomic E-state index is -0.787. The number of rotatable bonds is 5. The van der Waals surface area contributed by atoms with Crippen molar-refractivity contribution in [3.63, 3.8) is 0 Å². The van der Waals surface area contributed by atoms with Crippen LogP contribution in [0.2, 0.25) is 8.67 Å².